The molecule has 0 fully saturated rings. The van der Waals surface area contributed by atoms with Crippen LogP contribution in [0.2, 0.25) is 0 Å². The summed E-state index contributed by atoms with van der Waals surface area (Å²) in [5.74, 6) is 0. The summed E-state index contributed by atoms with van der Waals surface area (Å²) in [6, 6.07) is 1.61. The molecule has 1 atom stereocenters. The minimum Gasteiger partial charge on any atom is -0.429 e. The van der Waals surface area contributed by atoms with E-state index in [0.29, 0.717) is 0 Å². The van der Waals surface area contributed by atoms with Crippen molar-refractivity contribution < 1.29 is 10.3 Å². The van der Waals surface area contributed by atoms with Crippen LogP contribution in [-0.2, 0) is 0 Å². The molecule has 1 rings (SSSR count). The molecule has 0 spiro atoms. The summed E-state index contributed by atoms with van der Waals surface area (Å²) >= 11 is 0. The summed E-state index contributed by atoms with van der Waals surface area (Å²) in [5, 5.41) is 18.6. The zero-order chi connectivity index (χ0) is 9.84. The van der Waals surface area contributed by atoms with Crippen molar-refractivity contribution in [3.05, 3.63) is 29.4 Å². The Morgan fingerprint density at radius 3 is 2.85 bits per heavy atom. The van der Waals surface area contributed by atoms with Crippen LogP contribution in [0.15, 0.2) is 23.5 Å². The summed E-state index contributed by atoms with van der Waals surface area (Å²) in [5.41, 5.74) is 0.880. The van der Waals surface area contributed by atoms with E-state index in [2.05, 4.69) is 4.99 Å². The van der Waals surface area contributed by atoms with Gasteiger partial charge in [0.1, 0.15) is 0 Å². The number of aliphatic hydroxyl groups is 1. The molecular formula is C9H14N2O2. The molecule has 0 amide bonds. The van der Waals surface area contributed by atoms with Crippen molar-refractivity contribution in [2.45, 2.75) is 19.9 Å². The summed E-state index contributed by atoms with van der Waals surface area (Å²) in [4.78, 5) is 4.24. The maximum atomic E-state index is 9.05. The van der Waals surface area contributed by atoms with Gasteiger partial charge in [-0.05, 0) is 25.5 Å². The van der Waals surface area contributed by atoms with Crippen LogP contribution in [0.4, 0.5) is 0 Å². The SMILES string of the molecule is Cc1cn(O)ccc1=NC(C)CO. The molecule has 2 N–H and O–H groups in total. The molecule has 0 aliphatic carbocycles. The monoisotopic (exact) mass is 182 g/mol. The van der Waals surface area contributed by atoms with Crippen LogP contribution in [-0.4, -0.2) is 27.7 Å². The van der Waals surface area contributed by atoms with Crippen LogP contribution < -0.4 is 5.36 Å². The Morgan fingerprint density at radius 2 is 2.31 bits per heavy atom. The van der Waals surface area contributed by atoms with Crippen molar-refractivity contribution in [3.8, 4) is 0 Å². The first-order chi connectivity index (χ1) is 6.13. The van der Waals surface area contributed by atoms with Crippen LogP contribution in [0.1, 0.15) is 12.5 Å². The maximum absolute atomic E-state index is 9.05. The van der Waals surface area contributed by atoms with E-state index < -0.39 is 0 Å². The Labute approximate surface area is 76.8 Å². The lowest BCUT2D eigenvalue weighted by Crippen LogP contribution is -2.15. The molecule has 13 heavy (non-hydrogen) atoms. The van der Waals surface area contributed by atoms with Crippen LogP contribution in [0.5, 0.6) is 0 Å². The first kappa shape index (κ1) is 9.80. The van der Waals surface area contributed by atoms with Gasteiger partial charge in [0.25, 0.3) is 0 Å². The molecule has 0 aromatic carbocycles. The van der Waals surface area contributed by atoms with Gasteiger partial charge in [-0.1, -0.05) is 0 Å². The molecule has 4 nitrogen and oxygen atoms in total. The summed E-state index contributed by atoms with van der Waals surface area (Å²) in [6.45, 7) is 3.72. The number of aryl methyl sites for hydroxylation is 1. The van der Waals surface area contributed by atoms with Crippen molar-refractivity contribution in [1.82, 2.24) is 4.73 Å². The standard InChI is InChI=1S/C9H14N2O2/c1-7-5-11(13)4-3-9(7)10-8(2)6-12/h3-5,8,12-13H,6H2,1-2H3. The number of hydrogen-bond donors (Lipinski definition) is 2. The van der Waals surface area contributed by atoms with Gasteiger partial charge in [0.2, 0.25) is 0 Å². The van der Waals surface area contributed by atoms with Gasteiger partial charge in [0, 0.05) is 12.4 Å². The Balaban J connectivity index is 3.08. The average molecular weight is 182 g/mol. The van der Waals surface area contributed by atoms with Crippen molar-refractivity contribution in [2.24, 2.45) is 4.99 Å². The molecular weight excluding hydrogens is 168 g/mol. The van der Waals surface area contributed by atoms with Gasteiger partial charge in [0.05, 0.1) is 18.0 Å². The number of pyridine rings is 1. The third-order valence-corrected chi connectivity index (χ3v) is 1.74. The zero-order valence-corrected chi connectivity index (χ0v) is 7.81. The highest BCUT2D eigenvalue weighted by Gasteiger charge is 1.96. The fraction of sp³-hybridized carbons (Fsp3) is 0.444. The van der Waals surface area contributed by atoms with E-state index in [1.165, 1.54) is 6.20 Å². The molecule has 4 heteroatoms. The van der Waals surface area contributed by atoms with Gasteiger partial charge >= 0.3 is 0 Å². The normalized spacial score (nSPS) is 14.5. The van der Waals surface area contributed by atoms with Crippen LogP contribution in [0.25, 0.3) is 0 Å². The lowest BCUT2D eigenvalue weighted by atomic mass is 10.3. The Morgan fingerprint density at radius 1 is 1.62 bits per heavy atom. The maximum Gasteiger partial charge on any atom is 0.0709 e. The number of hydrogen-bond acceptors (Lipinski definition) is 3. The molecule has 1 heterocycles. The molecule has 1 aromatic heterocycles. The predicted molar refractivity (Wildman–Crippen MR) is 48.5 cm³/mol. The van der Waals surface area contributed by atoms with Gasteiger partial charge in [-0.15, -0.1) is 0 Å². The second-order valence-corrected chi connectivity index (χ2v) is 3.05. The molecule has 0 aliphatic heterocycles. The molecule has 0 bridgehead atoms. The smallest absolute Gasteiger partial charge is 0.0709 e. The third-order valence-electron chi connectivity index (χ3n) is 1.74. The van der Waals surface area contributed by atoms with E-state index >= 15 is 0 Å². The number of rotatable bonds is 2. The quantitative estimate of drug-likeness (QED) is 0.647. The lowest BCUT2D eigenvalue weighted by Gasteiger charge is -2.02. The van der Waals surface area contributed by atoms with Gasteiger partial charge in [-0.2, -0.15) is 0 Å². The van der Waals surface area contributed by atoms with Gasteiger partial charge in [-0.3, -0.25) is 4.99 Å². The Bertz CT molecular complexity index is 344. The minimum atomic E-state index is -0.103. The van der Waals surface area contributed by atoms with E-state index in [1.54, 1.807) is 12.3 Å². The lowest BCUT2D eigenvalue weighted by molar-refractivity contribution is 0.183. The molecule has 1 unspecified atom stereocenters. The minimum absolute atomic E-state index is 0.0352. The molecule has 0 saturated carbocycles. The van der Waals surface area contributed by atoms with Crippen LogP contribution >= 0.6 is 0 Å². The molecule has 0 saturated heterocycles. The average Bonchev–Trinajstić information content (AvgIpc) is 2.09. The summed E-state index contributed by atoms with van der Waals surface area (Å²) < 4.78 is 0.984. The van der Waals surface area contributed by atoms with Gasteiger partial charge in [-0.25, -0.2) is 4.73 Å². The van der Waals surface area contributed by atoms with Gasteiger partial charge < -0.3 is 10.3 Å². The molecule has 0 aliphatic rings. The zero-order valence-electron chi connectivity index (χ0n) is 7.81. The first-order valence-corrected chi connectivity index (χ1v) is 4.16. The first-order valence-electron chi connectivity index (χ1n) is 4.16. The van der Waals surface area contributed by atoms with Crippen molar-refractivity contribution in [1.29, 1.82) is 0 Å². The van der Waals surface area contributed by atoms with E-state index in [0.717, 1.165) is 15.7 Å². The van der Waals surface area contributed by atoms with Crippen molar-refractivity contribution >= 4 is 0 Å². The van der Waals surface area contributed by atoms with E-state index in [-0.39, 0.29) is 12.6 Å². The second-order valence-electron chi connectivity index (χ2n) is 3.05. The highest BCUT2D eigenvalue weighted by molar-refractivity contribution is 5.06. The third kappa shape index (κ3) is 2.59. The fourth-order valence-corrected chi connectivity index (χ4v) is 1.01. The van der Waals surface area contributed by atoms with Crippen molar-refractivity contribution in [3.63, 3.8) is 0 Å². The van der Waals surface area contributed by atoms with E-state index in [9.17, 15) is 0 Å². The van der Waals surface area contributed by atoms with E-state index in [4.69, 9.17) is 10.3 Å². The highest BCUT2D eigenvalue weighted by Crippen LogP contribution is 1.90. The van der Waals surface area contributed by atoms with E-state index in [1.807, 2.05) is 13.8 Å². The van der Waals surface area contributed by atoms with Crippen molar-refractivity contribution in [2.75, 3.05) is 6.61 Å². The second kappa shape index (κ2) is 4.09. The van der Waals surface area contributed by atoms with Gasteiger partial charge in [0.15, 0.2) is 0 Å². The number of aromatic nitrogens is 1. The molecule has 72 valence electrons. The largest absolute Gasteiger partial charge is 0.429 e. The highest BCUT2D eigenvalue weighted by atomic mass is 16.5. The Kier molecular flexibility index (Phi) is 3.08. The van der Waals surface area contributed by atoms with Crippen LogP contribution in [0.3, 0.4) is 0 Å². The number of aliphatic hydroxyl groups excluding tert-OH is 1. The summed E-state index contributed by atoms with van der Waals surface area (Å²) in [7, 11) is 0. The fourth-order valence-electron chi connectivity index (χ4n) is 1.01. The summed E-state index contributed by atoms with van der Waals surface area (Å²) in [6.07, 6.45) is 3.08. The number of nitrogens with zero attached hydrogens (tertiary/aromatic N) is 2. The molecule has 1 aromatic rings. The Hall–Kier alpha value is -1.29. The molecule has 0 radical (unpaired) electrons. The predicted octanol–water partition coefficient (Wildman–Crippen LogP) is 0.315. The topological polar surface area (TPSA) is 57.8 Å². The van der Waals surface area contributed by atoms with Crippen LogP contribution in [0, 0.1) is 6.92 Å².